The third kappa shape index (κ3) is 8.26. The maximum atomic E-state index is 2.20. The largest absolute Gasteiger partial charge is 0.0544 e. The van der Waals surface area contributed by atoms with Crippen LogP contribution in [0, 0.1) is 0 Å². The minimum absolute atomic E-state index is 1.18. The van der Waals surface area contributed by atoms with E-state index in [4.69, 9.17) is 0 Å². The summed E-state index contributed by atoms with van der Waals surface area (Å²) in [5, 5.41) is 0. The second-order valence-electron chi connectivity index (χ2n) is 14.3. The lowest BCUT2D eigenvalue weighted by Gasteiger charge is -2.05. The van der Waals surface area contributed by atoms with E-state index in [1.165, 1.54) is 89.0 Å². The molecule has 0 heterocycles. The van der Waals surface area contributed by atoms with E-state index in [0.717, 1.165) is 0 Å². The van der Waals surface area contributed by atoms with Gasteiger partial charge in [-0.15, -0.1) is 0 Å². The van der Waals surface area contributed by atoms with Gasteiger partial charge in [0.05, 0.1) is 0 Å². The van der Waals surface area contributed by atoms with Gasteiger partial charge in [0.1, 0.15) is 0 Å². The average molecular weight is 713 g/mol. The first-order valence-corrected chi connectivity index (χ1v) is 19.2. The van der Waals surface area contributed by atoms with Crippen molar-refractivity contribution in [3.05, 3.63) is 239 Å². The first kappa shape index (κ1) is 34.5. The van der Waals surface area contributed by atoms with Gasteiger partial charge in [0.25, 0.3) is 0 Å². The molecule has 0 nitrogen and oxygen atoms in total. The Morgan fingerprint density at radius 2 is 0.196 bits per heavy atom. The van der Waals surface area contributed by atoms with Gasteiger partial charge in [-0.2, -0.15) is 0 Å². The molecule has 56 heavy (non-hydrogen) atoms. The quantitative estimate of drug-likeness (QED) is 0.147. The monoisotopic (exact) mass is 712 g/mol. The Hall–Kier alpha value is -7.28. The van der Waals surface area contributed by atoms with Crippen LogP contribution in [0.5, 0.6) is 0 Å². The fraction of sp³-hybridized carbons (Fsp3) is 0. The lowest BCUT2D eigenvalue weighted by Crippen LogP contribution is -1.82. The van der Waals surface area contributed by atoms with E-state index in [-0.39, 0.29) is 0 Å². The molecule has 0 saturated carbocycles. The van der Waals surface area contributed by atoms with Crippen LogP contribution in [-0.2, 0) is 0 Å². The molecule has 0 aliphatic heterocycles. The summed E-state index contributed by atoms with van der Waals surface area (Å²) < 4.78 is 0. The van der Waals surface area contributed by atoms with Gasteiger partial charge in [0.15, 0.2) is 0 Å². The summed E-state index contributed by atoms with van der Waals surface area (Å²) in [6.45, 7) is 0. The Balaban J connectivity index is 0.972. The molecule has 0 radical (unpaired) electrons. The molecule has 13 aliphatic carbocycles. The maximum Gasteiger partial charge on any atom is -0.0184 e. The molecule has 0 fully saturated rings. The van der Waals surface area contributed by atoms with Crippen molar-refractivity contribution >= 4 is 48.6 Å². The molecule has 8 aromatic carbocycles. The fourth-order valence-corrected chi connectivity index (χ4v) is 7.06. The zero-order chi connectivity index (χ0) is 37.5. The Morgan fingerprint density at radius 1 is 0.107 bits per heavy atom. The molecule has 0 unspecified atom stereocenters. The second kappa shape index (κ2) is 16.0. The van der Waals surface area contributed by atoms with E-state index in [1.54, 1.807) is 0 Å². The van der Waals surface area contributed by atoms with Crippen LogP contribution in [0.1, 0.15) is 44.5 Å². The van der Waals surface area contributed by atoms with Crippen LogP contribution in [0.15, 0.2) is 194 Å². The number of benzene rings is 8. The molecule has 0 amide bonds. The summed E-state index contributed by atoms with van der Waals surface area (Å²) >= 11 is 0. The van der Waals surface area contributed by atoms with E-state index in [2.05, 4.69) is 243 Å². The molecule has 16 bridgehead atoms. The Morgan fingerprint density at radius 3 is 0.286 bits per heavy atom. The summed E-state index contributed by atoms with van der Waals surface area (Å²) in [5.41, 5.74) is 19.1. The molecule has 0 N–H and O–H groups in total. The Bertz CT molecular complexity index is 2090. The highest BCUT2D eigenvalue weighted by Crippen LogP contribution is 2.27. The van der Waals surface area contributed by atoms with E-state index in [0.29, 0.717) is 0 Å². The number of hydrogen-bond donors (Lipinski definition) is 0. The molecule has 0 spiro atoms. The standard InChI is InChI=1S/C56H40/c1-2-42-11-27-50(28-12-42)52-31-15-44(16-32-52)5-6-46-19-35-54(36-20-46)56-39-23-48(24-40-56)8-7-47-21-37-55(38-22-47)53-33-17-45(18-34-53)4-3-43-13-29-51(30-14-43)49-25-9-41(1)10-26-49/h1-40H/b2-1-,4-3-,6-5-,8-7?,41-1?,42-2?,43-3?,44-5?,45-4?,46-6?,47-7?,48-8?,51-49?,52-50?,55-53?,56-54?. The SMILES string of the molecule is C1=Cc2ccc(cc2)-c2ccc(cc2)/C=C\c2ccc(cc2)-c2ccc(cc2)/C=C\c2ccc(cc2)-c2ccc(cc2)/C=C\c2ccc(cc2)-c2ccc1cc2. The van der Waals surface area contributed by atoms with Crippen LogP contribution in [0.4, 0.5) is 0 Å². The highest BCUT2D eigenvalue weighted by Gasteiger charge is 2.03. The van der Waals surface area contributed by atoms with Crippen molar-refractivity contribution in [2.75, 3.05) is 0 Å². The Labute approximate surface area is 330 Å². The normalized spacial score (nSPS) is 13.7. The predicted octanol–water partition coefficient (Wildman–Crippen LogP) is 15.3. The zero-order valence-corrected chi connectivity index (χ0v) is 31.1. The molecular weight excluding hydrogens is 673 g/mol. The van der Waals surface area contributed by atoms with Crippen LogP contribution >= 0.6 is 0 Å². The lowest BCUT2D eigenvalue weighted by molar-refractivity contribution is 1.57. The molecule has 0 atom stereocenters. The molecular formula is C56H40. The van der Waals surface area contributed by atoms with Gasteiger partial charge in [0.2, 0.25) is 0 Å². The maximum absolute atomic E-state index is 2.20. The van der Waals surface area contributed by atoms with Gasteiger partial charge in [-0.1, -0.05) is 243 Å². The van der Waals surface area contributed by atoms with E-state index < -0.39 is 0 Å². The molecule has 8 aromatic rings. The minimum atomic E-state index is 1.18. The van der Waals surface area contributed by atoms with Gasteiger partial charge in [0, 0.05) is 0 Å². The number of rotatable bonds is 0. The smallest absolute Gasteiger partial charge is 0.0184 e. The summed E-state index contributed by atoms with van der Waals surface area (Å²) in [4.78, 5) is 0. The van der Waals surface area contributed by atoms with E-state index >= 15 is 0 Å². The van der Waals surface area contributed by atoms with Crippen LogP contribution in [-0.4, -0.2) is 0 Å². The van der Waals surface area contributed by atoms with Gasteiger partial charge in [-0.25, -0.2) is 0 Å². The van der Waals surface area contributed by atoms with E-state index in [9.17, 15) is 0 Å². The fourth-order valence-electron chi connectivity index (χ4n) is 7.06. The van der Waals surface area contributed by atoms with Crippen molar-refractivity contribution in [2.24, 2.45) is 0 Å². The molecule has 0 aromatic heterocycles. The summed E-state index contributed by atoms with van der Waals surface area (Å²) in [5.74, 6) is 0. The van der Waals surface area contributed by atoms with Crippen LogP contribution < -0.4 is 0 Å². The first-order valence-electron chi connectivity index (χ1n) is 19.2. The minimum Gasteiger partial charge on any atom is -0.0544 e. The summed E-state index contributed by atoms with van der Waals surface area (Å²) in [7, 11) is 0. The molecule has 21 rings (SSSR count). The van der Waals surface area contributed by atoms with Crippen LogP contribution in [0.25, 0.3) is 93.1 Å². The van der Waals surface area contributed by atoms with Crippen molar-refractivity contribution in [2.45, 2.75) is 0 Å². The lowest BCUT2D eigenvalue weighted by atomic mass is 10.00. The number of hydrogen-bond acceptors (Lipinski definition) is 0. The highest BCUT2D eigenvalue weighted by molar-refractivity contribution is 5.79. The van der Waals surface area contributed by atoms with Crippen molar-refractivity contribution in [3.8, 4) is 44.5 Å². The van der Waals surface area contributed by atoms with Gasteiger partial charge < -0.3 is 0 Å². The average Bonchev–Trinajstić information content (AvgIpc) is 3.27. The van der Waals surface area contributed by atoms with E-state index in [1.807, 2.05) is 0 Å². The molecule has 0 saturated heterocycles. The summed E-state index contributed by atoms with van der Waals surface area (Å²) in [6.07, 6.45) is 17.4. The van der Waals surface area contributed by atoms with Crippen molar-refractivity contribution in [3.63, 3.8) is 0 Å². The molecule has 264 valence electrons. The van der Waals surface area contributed by atoms with Gasteiger partial charge in [-0.3, -0.25) is 0 Å². The van der Waals surface area contributed by atoms with Crippen molar-refractivity contribution in [1.82, 2.24) is 0 Å². The predicted molar refractivity (Wildman–Crippen MR) is 243 cm³/mol. The first-order chi connectivity index (χ1) is 27.7. The third-order valence-corrected chi connectivity index (χ3v) is 10.5. The molecule has 13 aliphatic rings. The molecule has 0 heteroatoms. The second-order valence-corrected chi connectivity index (χ2v) is 14.3. The van der Waals surface area contributed by atoms with Gasteiger partial charge in [-0.05, 0) is 89.0 Å². The van der Waals surface area contributed by atoms with Crippen molar-refractivity contribution in [1.29, 1.82) is 0 Å². The zero-order valence-electron chi connectivity index (χ0n) is 31.1. The topological polar surface area (TPSA) is 0 Å². The van der Waals surface area contributed by atoms with Gasteiger partial charge >= 0.3 is 0 Å². The van der Waals surface area contributed by atoms with Crippen molar-refractivity contribution < 1.29 is 0 Å². The third-order valence-electron chi connectivity index (χ3n) is 10.5. The highest BCUT2D eigenvalue weighted by atomic mass is 14.1. The van der Waals surface area contributed by atoms with Crippen LogP contribution in [0.3, 0.4) is 0 Å². The van der Waals surface area contributed by atoms with Crippen LogP contribution in [0.2, 0.25) is 0 Å². The summed E-state index contributed by atoms with van der Waals surface area (Å²) in [6, 6.07) is 70.2. The Kier molecular flexibility index (Phi) is 9.84.